The number of carbonyl (C=O) groups is 1. The van der Waals surface area contributed by atoms with Gasteiger partial charge in [-0.1, -0.05) is 12.1 Å². The van der Waals surface area contributed by atoms with Gasteiger partial charge in [0.2, 0.25) is 0 Å². The van der Waals surface area contributed by atoms with Gasteiger partial charge in [-0.25, -0.2) is 4.79 Å². The highest BCUT2D eigenvalue weighted by molar-refractivity contribution is 7.80. The average molecular weight is 344 g/mol. The lowest BCUT2D eigenvalue weighted by atomic mass is 9.98. The molecule has 0 radical (unpaired) electrons. The molecule has 0 aromatic heterocycles. The molecule has 1 aromatic carbocycles. The Morgan fingerprint density at radius 2 is 2.04 bits per heavy atom. The number of thiocarbonyl (C=S) groups is 1. The van der Waals surface area contributed by atoms with Gasteiger partial charge in [0.05, 0.1) is 12.7 Å². The van der Waals surface area contributed by atoms with Crippen molar-refractivity contribution in [3.8, 4) is 0 Å². The second-order valence-electron chi connectivity index (χ2n) is 5.74. The summed E-state index contributed by atoms with van der Waals surface area (Å²) in [5.74, 6) is 0.301. The lowest BCUT2D eigenvalue weighted by Crippen LogP contribution is -2.53. The molecule has 0 spiro atoms. The molecule has 24 heavy (non-hydrogen) atoms. The highest BCUT2D eigenvalue weighted by atomic mass is 32.1. The molecule has 1 aromatic rings. The van der Waals surface area contributed by atoms with Crippen LogP contribution >= 0.6 is 12.2 Å². The number of ether oxygens (including phenoxy) is 1. The number of aryl methyl sites for hydroxylation is 1. The molecule has 0 aliphatic carbocycles. The van der Waals surface area contributed by atoms with Crippen molar-refractivity contribution in [2.45, 2.75) is 25.4 Å². The molecule has 126 valence electrons. The Bertz CT molecular complexity index is 725. The van der Waals surface area contributed by atoms with E-state index in [0.29, 0.717) is 16.5 Å². The van der Waals surface area contributed by atoms with E-state index in [1.54, 1.807) is 12.1 Å². The van der Waals surface area contributed by atoms with Gasteiger partial charge in [0.1, 0.15) is 12.0 Å². The molecule has 2 heterocycles. The Morgan fingerprint density at radius 1 is 1.29 bits per heavy atom. The molecule has 0 saturated heterocycles. The fourth-order valence-corrected chi connectivity index (χ4v) is 3.17. The number of fused-ring (bicyclic) bond motifs is 1. The summed E-state index contributed by atoms with van der Waals surface area (Å²) in [6.45, 7) is 0. The highest BCUT2D eigenvalue weighted by Gasteiger charge is 2.29. The lowest BCUT2D eigenvalue weighted by molar-refractivity contribution is 0.0600. The zero-order valence-corrected chi connectivity index (χ0v) is 14.2. The summed E-state index contributed by atoms with van der Waals surface area (Å²) in [5, 5.41) is 9.90. The smallest absolute Gasteiger partial charge is 0.337 e. The van der Waals surface area contributed by atoms with Crippen LogP contribution < -0.4 is 21.7 Å². The lowest BCUT2D eigenvalue weighted by Gasteiger charge is -2.26. The van der Waals surface area contributed by atoms with Crippen LogP contribution in [-0.4, -0.2) is 24.4 Å². The second-order valence-corrected chi connectivity index (χ2v) is 6.15. The van der Waals surface area contributed by atoms with E-state index in [4.69, 9.17) is 22.7 Å². The number of methoxy groups -OCH3 is 1. The molecule has 1 unspecified atom stereocenters. The van der Waals surface area contributed by atoms with Crippen LogP contribution in [0.25, 0.3) is 0 Å². The summed E-state index contributed by atoms with van der Waals surface area (Å²) >= 11 is 5.10. The van der Waals surface area contributed by atoms with E-state index < -0.39 is 0 Å². The molecule has 6 nitrogen and oxygen atoms in total. The van der Waals surface area contributed by atoms with Crippen molar-refractivity contribution in [1.82, 2.24) is 16.0 Å². The Balaban J connectivity index is 1.56. The van der Waals surface area contributed by atoms with E-state index in [-0.39, 0.29) is 12.1 Å². The van der Waals surface area contributed by atoms with E-state index in [1.165, 1.54) is 18.2 Å². The van der Waals surface area contributed by atoms with Crippen molar-refractivity contribution < 1.29 is 9.53 Å². The standard InChI is InChI=1S/C17H20N4O2S/c1-23-16(22)11-7-5-10(6-8-11)3-2-4-12-9-19-15-13(12)14(18)20-17(24)21-15/h5-9,15,19H,2-4,18H2,1H3,(H2,20,21,24). The number of rotatable bonds is 5. The maximum atomic E-state index is 11.4. The molecule has 5 N–H and O–H groups in total. The number of hydrogen-bond donors (Lipinski definition) is 4. The summed E-state index contributed by atoms with van der Waals surface area (Å²) < 4.78 is 4.70. The largest absolute Gasteiger partial charge is 0.465 e. The molecule has 3 rings (SSSR count). The predicted molar refractivity (Wildman–Crippen MR) is 95.8 cm³/mol. The first-order valence-electron chi connectivity index (χ1n) is 7.78. The zero-order chi connectivity index (χ0) is 17.1. The van der Waals surface area contributed by atoms with Crippen molar-refractivity contribution in [2.75, 3.05) is 7.11 Å². The monoisotopic (exact) mass is 344 g/mol. The topological polar surface area (TPSA) is 88.4 Å². The Labute approximate surface area is 146 Å². The Morgan fingerprint density at radius 3 is 2.75 bits per heavy atom. The van der Waals surface area contributed by atoms with Crippen LogP contribution in [0.1, 0.15) is 28.8 Å². The fraction of sp³-hybridized carbons (Fsp3) is 0.294. The molecule has 0 bridgehead atoms. The molecular weight excluding hydrogens is 324 g/mol. The van der Waals surface area contributed by atoms with E-state index in [9.17, 15) is 4.79 Å². The van der Waals surface area contributed by atoms with Crippen LogP contribution in [0.2, 0.25) is 0 Å². The van der Waals surface area contributed by atoms with Crippen LogP contribution in [0.3, 0.4) is 0 Å². The number of nitrogens with two attached hydrogens (primary N) is 1. The van der Waals surface area contributed by atoms with E-state index in [0.717, 1.165) is 24.8 Å². The third-order valence-corrected chi connectivity index (χ3v) is 4.38. The molecule has 0 saturated carbocycles. The Kier molecular flexibility index (Phi) is 4.71. The van der Waals surface area contributed by atoms with Gasteiger partial charge in [0, 0.05) is 11.8 Å². The maximum absolute atomic E-state index is 11.4. The molecule has 0 amide bonds. The molecule has 7 heteroatoms. The highest BCUT2D eigenvalue weighted by Crippen LogP contribution is 2.26. The minimum Gasteiger partial charge on any atom is -0.465 e. The minimum atomic E-state index is -0.313. The first-order chi connectivity index (χ1) is 11.6. The van der Waals surface area contributed by atoms with Crippen LogP contribution in [0.15, 0.2) is 47.4 Å². The summed E-state index contributed by atoms with van der Waals surface area (Å²) in [4.78, 5) is 11.4. The first kappa shape index (κ1) is 16.3. The van der Waals surface area contributed by atoms with Crippen LogP contribution in [-0.2, 0) is 11.2 Å². The van der Waals surface area contributed by atoms with Crippen LogP contribution in [0.4, 0.5) is 0 Å². The van der Waals surface area contributed by atoms with Gasteiger partial charge >= 0.3 is 5.97 Å². The van der Waals surface area contributed by atoms with Crippen molar-refractivity contribution in [1.29, 1.82) is 0 Å². The summed E-state index contributed by atoms with van der Waals surface area (Å²) in [5.41, 5.74) is 10.0. The predicted octanol–water partition coefficient (Wildman–Crippen LogP) is 1.26. The molecule has 1 atom stereocenters. The number of hydrogen-bond acceptors (Lipinski definition) is 5. The molecule has 0 fully saturated rings. The normalized spacial score (nSPS) is 19.0. The summed E-state index contributed by atoms with van der Waals surface area (Å²) in [6, 6.07) is 7.52. The quantitative estimate of drug-likeness (QED) is 0.472. The van der Waals surface area contributed by atoms with Crippen molar-refractivity contribution in [2.24, 2.45) is 5.73 Å². The van der Waals surface area contributed by atoms with Crippen LogP contribution in [0, 0.1) is 0 Å². The first-order valence-corrected chi connectivity index (χ1v) is 8.19. The number of benzene rings is 1. The van der Waals surface area contributed by atoms with E-state index in [1.807, 2.05) is 18.3 Å². The van der Waals surface area contributed by atoms with Gasteiger partial charge < -0.3 is 26.4 Å². The minimum absolute atomic E-state index is 0.0342. The van der Waals surface area contributed by atoms with Gasteiger partial charge in [0.15, 0.2) is 5.11 Å². The van der Waals surface area contributed by atoms with Crippen LogP contribution in [0.5, 0.6) is 0 Å². The summed E-state index contributed by atoms with van der Waals surface area (Å²) in [7, 11) is 1.38. The van der Waals surface area contributed by atoms with Gasteiger partial charge in [-0.05, 0) is 54.7 Å². The number of esters is 1. The van der Waals surface area contributed by atoms with Crippen molar-refractivity contribution in [3.05, 3.63) is 58.6 Å². The van der Waals surface area contributed by atoms with Gasteiger partial charge in [-0.15, -0.1) is 0 Å². The van der Waals surface area contributed by atoms with Crippen molar-refractivity contribution >= 4 is 23.3 Å². The second kappa shape index (κ2) is 6.92. The van der Waals surface area contributed by atoms with Crippen molar-refractivity contribution in [3.63, 3.8) is 0 Å². The van der Waals surface area contributed by atoms with E-state index in [2.05, 4.69) is 16.0 Å². The van der Waals surface area contributed by atoms with Gasteiger partial charge in [0.25, 0.3) is 0 Å². The summed E-state index contributed by atoms with van der Waals surface area (Å²) in [6.07, 6.45) is 4.78. The number of carbonyl (C=O) groups excluding carboxylic acids is 1. The zero-order valence-electron chi connectivity index (χ0n) is 13.4. The van der Waals surface area contributed by atoms with E-state index >= 15 is 0 Å². The SMILES string of the molecule is COC(=O)c1ccc(CCCC2=CNC3NC(=S)NC(N)=C23)cc1. The fourth-order valence-electron chi connectivity index (χ4n) is 2.94. The average Bonchev–Trinajstić information content (AvgIpc) is 2.98. The Hall–Kier alpha value is -2.54. The molecule has 2 aliphatic rings. The molecule has 2 aliphatic heterocycles. The third-order valence-electron chi connectivity index (χ3n) is 4.16. The maximum Gasteiger partial charge on any atom is 0.337 e. The number of nitrogens with one attached hydrogen (secondary N) is 3. The third kappa shape index (κ3) is 3.35. The molecular formula is C17H20N4O2S. The van der Waals surface area contributed by atoms with Gasteiger partial charge in [-0.2, -0.15) is 0 Å². The van der Waals surface area contributed by atoms with Gasteiger partial charge in [-0.3, -0.25) is 0 Å².